The molecule has 1 aromatic carbocycles. The van der Waals surface area contributed by atoms with Crippen LogP contribution in [-0.4, -0.2) is 39.1 Å². The van der Waals surface area contributed by atoms with Crippen molar-refractivity contribution in [1.29, 1.82) is 0 Å². The van der Waals surface area contributed by atoms with E-state index in [1.54, 1.807) is 18.2 Å². The normalized spacial score (nSPS) is 21.8. The summed E-state index contributed by atoms with van der Waals surface area (Å²) in [6.07, 6.45) is 1.05. The molecule has 0 saturated carbocycles. The Morgan fingerprint density at radius 3 is 2.68 bits per heavy atom. The van der Waals surface area contributed by atoms with Gasteiger partial charge in [0, 0.05) is 18.0 Å². The molecular formula is C16H14F2N2O4S. The van der Waals surface area contributed by atoms with Crippen LogP contribution >= 0.6 is 11.8 Å². The molecule has 2 aromatic rings. The van der Waals surface area contributed by atoms with Crippen molar-refractivity contribution in [2.45, 2.75) is 17.2 Å². The Bertz CT molecular complexity index is 881. The Hall–Kier alpha value is -2.42. The van der Waals surface area contributed by atoms with Gasteiger partial charge in [-0.05, 0) is 12.1 Å². The van der Waals surface area contributed by atoms with Gasteiger partial charge in [-0.3, -0.25) is 14.3 Å². The maximum Gasteiger partial charge on any atom is 0.338 e. The Balaban J connectivity index is 1.71. The van der Waals surface area contributed by atoms with Gasteiger partial charge in [-0.15, -0.1) is 11.8 Å². The first-order chi connectivity index (χ1) is 11.9. The lowest BCUT2D eigenvalue weighted by molar-refractivity contribution is -0.0505. The monoisotopic (exact) mass is 368 g/mol. The van der Waals surface area contributed by atoms with Crippen molar-refractivity contribution < 1.29 is 18.3 Å². The standard InChI is InChI=1S/C16H14F2N2O4S/c17-16(18)11(20-7-6-13(21)19-15(20)23)9-25-12(16)8-24-14(22)10-4-2-1-3-5-10/h1-7,11-12H,8-9H2,(H,19,21,23)/t11-,12+/m0/s1. The van der Waals surface area contributed by atoms with Crippen LogP contribution in [0.2, 0.25) is 0 Å². The van der Waals surface area contributed by atoms with Crippen molar-refractivity contribution in [2.24, 2.45) is 0 Å². The van der Waals surface area contributed by atoms with E-state index in [2.05, 4.69) is 0 Å². The highest BCUT2D eigenvalue weighted by Crippen LogP contribution is 2.46. The van der Waals surface area contributed by atoms with Gasteiger partial charge >= 0.3 is 11.7 Å². The second-order valence-corrected chi connectivity index (χ2v) is 6.73. The molecule has 6 nitrogen and oxygen atoms in total. The third-order valence-electron chi connectivity index (χ3n) is 3.89. The molecule has 0 radical (unpaired) electrons. The lowest BCUT2D eigenvalue weighted by Gasteiger charge is -2.24. The minimum atomic E-state index is -3.27. The van der Waals surface area contributed by atoms with E-state index in [9.17, 15) is 23.2 Å². The van der Waals surface area contributed by atoms with Gasteiger partial charge < -0.3 is 4.74 Å². The van der Waals surface area contributed by atoms with E-state index < -0.39 is 41.0 Å². The number of halogens is 2. The summed E-state index contributed by atoms with van der Waals surface area (Å²) in [6, 6.07) is 7.69. The van der Waals surface area contributed by atoms with Crippen molar-refractivity contribution in [3.05, 3.63) is 69.0 Å². The second kappa shape index (κ2) is 6.83. The van der Waals surface area contributed by atoms with Crippen LogP contribution in [0, 0.1) is 0 Å². The number of H-pyrrole nitrogens is 1. The summed E-state index contributed by atoms with van der Waals surface area (Å²) in [4.78, 5) is 36.7. The van der Waals surface area contributed by atoms with Crippen molar-refractivity contribution in [1.82, 2.24) is 9.55 Å². The molecular weight excluding hydrogens is 354 g/mol. The molecule has 2 atom stereocenters. The van der Waals surface area contributed by atoms with Gasteiger partial charge in [0.2, 0.25) is 0 Å². The maximum atomic E-state index is 14.6. The molecule has 25 heavy (non-hydrogen) atoms. The van der Waals surface area contributed by atoms with Gasteiger partial charge in [0.25, 0.3) is 11.5 Å². The van der Waals surface area contributed by atoms with Gasteiger partial charge in [0.05, 0.1) is 5.56 Å². The summed E-state index contributed by atoms with van der Waals surface area (Å²) in [7, 11) is 0. The smallest absolute Gasteiger partial charge is 0.338 e. The molecule has 0 spiro atoms. The summed E-state index contributed by atoms with van der Waals surface area (Å²) in [6.45, 7) is -0.472. The fourth-order valence-corrected chi connectivity index (χ4v) is 3.89. The highest BCUT2D eigenvalue weighted by molar-refractivity contribution is 8.00. The van der Waals surface area contributed by atoms with Crippen LogP contribution in [0.5, 0.6) is 0 Å². The number of aromatic nitrogens is 2. The third kappa shape index (κ3) is 3.51. The SMILES string of the molecule is O=C(OC[C@H]1SC[C@H](n2ccc(=O)[nH]c2=O)C1(F)F)c1ccccc1. The molecule has 9 heteroatoms. The summed E-state index contributed by atoms with van der Waals surface area (Å²) in [5.74, 6) is -3.99. The number of carbonyl (C=O) groups is 1. The van der Waals surface area contributed by atoms with Gasteiger partial charge in [-0.1, -0.05) is 18.2 Å². The number of rotatable bonds is 4. The average molecular weight is 368 g/mol. The van der Waals surface area contributed by atoms with Crippen LogP contribution in [-0.2, 0) is 4.74 Å². The molecule has 1 aromatic heterocycles. The molecule has 1 N–H and O–H groups in total. The van der Waals surface area contributed by atoms with Crippen LogP contribution < -0.4 is 11.2 Å². The van der Waals surface area contributed by atoms with E-state index in [-0.39, 0.29) is 11.3 Å². The van der Waals surface area contributed by atoms with E-state index in [0.717, 1.165) is 28.6 Å². The van der Waals surface area contributed by atoms with Crippen molar-refractivity contribution in [2.75, 3.05) is 12.4 Å². The molecule has 132 valence electrons. The molecule has 0 unspecified atom stereocenters. The molecule has 3 rings (SSSR count). The summed E-state index contributed by atoms with van der Waals surface area (Å²) in [5.41, 5.74) is -1.26. The number of nitrogens with zero attached hydrogens (tertiary/aromatic N) is 1. The van der Waals surface area contributed by atoms with Gasteiger partial charge in [0.15, 0.2) is 0 Å². The van der Waals surface area contributed by atoms with Crippen molar-refractivity contribution >= 4 is 17.7 Å². The van der Waals surface area contributed by atoms with E-state index in [4.69, 9.17) is 4.74 Å². The Kier molecular flexibility index (Phi) is 4.76. The zero-order valence-electron chi connectivity index (χ0n) is 12.9. The van der Waals surface area contributed by atoms with Crippen molar-refractivity contribution in [3.8, 4) is 0 Å². The number of aromatic amines is 1. The second-order valence-electron chi connectivity index (χ2n) is 5.49. The Morgan fingerprint density at radius 1 is 1.28 bits per heavy atom. The number of alkyl halides is 2. The van der Waals surface area contributed by atoms with Crippen molar-refractivity contribution in [3.63, 3.8) is 0 Å². The zero-order valence-corrected chi connectivity index (χ0v) is 13.7. The number of ether oxygens (including phenoxy) is 1. The number of hydrogen-bond donors (Lipinski definition) is 1. The molecule has 0 aliphatic carbocycles. The van der Waals surface area contributed by atoms with Gasteiger partial charge in [-0.2, -0.15) is 0 Å². The fraction of sp³-hybridized carbons (Fsp3) is 0.312. The Morgan fingerprint density at radius 2 is 2.00 bits per heavy atom. The number of thioether (sulfide) groups is 1. The largest absolute Gasteiger partial charge is 0.461 e. The topological polar surface area (TPSA) is 81.2 Å². The zero-order chi connectivity index (χ0) is 18.0. The fourth-order valence-electron chi connectivity index (χ4n) is 2.55. The lowest BCUT2D eigenvalue weighted by Crippen LogP contribution is -2.43. The first-order valence-corrected chi connectivity index (χ1v) is 8.47. The molecule has 1 saturated heterocycles. The van der Waals surface area contributed by atoms with Crippen LogP contribution in [0.15, 0.2) is 52.2 Å². The van der Waals surface area contributed by atoms with Gasteiger partial charge in [-0.25, -0.2) is 18.4 Å². The van der Waals surface area contributed by atoms with Gasteiger partial charge in [0.1, 0.15) is 17.9 Å². The lowest BCUT2D eigenvalue weighted by atomic mass is 10.1. The number of nitrogens with one attached hydrogen (secondary N) is 1. The number of benzene rings is 1. The third-order valence-corrected chi connectivity index (χ3v) is 5.25. The first kappa shape index (κ1) is 17.4. The van der Waals surface area contributed by atoms with Crippen LogP contribution in [0.1, 0.15) is 16.4 Å². The van der Waals surface area contributed by atoms with E-state index in [1.807, 2.05) is 4.98 Å². The first-order valence-electron chi connectivity index (χ1n) is 7.42. The molecule has 0 bridgehead atoms. The molecule has 1 aliphatic rings. The maximum absolute atomic E-state index is 14.6. The summed E-state index contributed by atoms with van der Waals surface area (Å²) in [5, 5.41) is -1.27. The predicted octanol–water partition coefficient (Wildman–Crippen LogP) is 1.69. The average Bonchev–Trinajstić information content (AvgIpc) is 2.88. The van der Waals surface area contributed by atoms with Crippen LogP contribution in [0.3, 0.4) is 0 Å². The minimum absolute atomic E-state index is 0.0352. The number of carbonyl (C=O) groups excluding carboxylic acids is 1. The van der Waals surface area contributed by atoms with Crippen LogP contribution in [0.4, 0.5) is 8.78 Å². The quantitative estimate of drug-likeness (QED) is 0.831. The highest BCUT2D eigenvalue weighted by atomic mass is 32.2. The van der Waals surface area contributed by atoms with E-state index >= 15 is 0 Å². The molecule has 1 aliphatic heterocycles. The van der Waals surface area contributed by atoms with Crippen LogP contribution in [0.25, 0.3) is 0 Å². The van der Waals surface area contributed by atoms with E-state index in [1.165, 1.54) is 12.1 Å². The molecule has 1 fully saturated rings. The predicted molar refractivity (Wildman–Crippen MR) is 88.3 cm³/mol. The summed E-state index contributed by atoms with van der Waals surface area (Å²) >= 11 is 0.923. The summed E-state index contributed by atoms with van der Waals surface area (Å²) < 4.78 is 35.1. The minimum Gasteiger partial charge on any atom is -0.461 e. The molecule has 0 amide bonds. The highest BCUT2D eigenvalue weighted by Gasteiger charge is 2.54. The Labute approximate surface area is 144 Å². The number of esters is 1. The number of hydrogen-bond acceptors (Lipinski definition) is 5. The van der Waals surface area contributed by atoms with E-state index in [0.29, 0.717) is 0 Å². The molecule has 2 heterocycles.